The Bertz CT molecular complexity index is 600. The number of hydrogen-bond donors (Lipinski definition) is 1. The molecule has 1 N–H and O–H groups in total. The first-order chi connectivity index (χ1) is 9.00. The minimum Gasteiger partial charge on any atom is -0.478 e. The monoisotopic (exact) mass is 255 g/mol. The van der Waals surface area contributed by atoms with Gasteiger partial charge in [-0.25, -0.2) is 4.79 Å². The first kappa shape index (κ1) is 13.1. The van der Waals surface area contributed by atoms with Crippen LogP contribution in [-0.2, 0) is 0 Å². The number of aryl methyl sites for hydroxylation is 2. The summed E-state index contributed by atoms with van der Waals surface area (Å²) >= 11 is 0. The normalized spacial score (nSPS) is 10.3. The maximum atomic E-state index is 11.0. The average Bonchev–Trinajstić information content (AvgIpc) is 2.38. The van der Waals surface area contributed by atoms with Crippen molar-refractivity contribution in [2.24, 2.45) is 0 Å². The van der Waals surface area contributed by atoms with Crippen molar-refractivity contribution in [1.82, 2.24) is 0 Å². The van der Waals surface area contributed by atoms with Crippen LogP contribution in [0.25, 0.3) is 0 Å². The van der Waals surface area contributed by atoms with Gasteiger partial charge in [0.25, 0.3) is 0 Å². The van der Waals surface area contributed by atoms with Crippen molar-refractivity contribution in [2.45, 2.75) is 13.8 Å². The molecular weight excluding hydrogens is 238 g/mol. The van der Waals surface area contributed by atoms with Gasteiger partial charge >= 0.3 is 5.97 Å². The minimum absolute atomic E-state index is 0.301. The number of carboxylic acid groups (broad SMARTS) is 1. The van der Waals surface area contributed by atoms with E-state index in [1.165, 1.54) is 11.1 Å². The molecule has 0 fully saturated rings. The Hall–Kier alpha value is -2.29. The van der Waals surface area contributed by atoms with Crippen LogP contribution in [0, 0.1) is 13.8 Å². The van der Waals surface area contributed by atoms with Gasteiger partial charge in [-0.3, -0.25) is 0 Å². The van der Waals surface area contributed by atoms with E-state index >= 15 is 0 Å². The van der Waals surface area contributed by atoms with E-state index in [-0.39, 0.29) is 0 Å². The van der Waals surface area contributed by atoms with Crippen LogP contribution in [0.5, 0.6) is 0 Å². The molecule has 0 amide bonds. The zero-order valence-corrected chi connectivity index (χ0v) is 11.3. The lowest BCUT2D eigenvalue weighted by Crippen LogP contribution is -2.13. The van der Waals surface area contributed by atoms with Crippen LogP contribution in [0.4, 0.5) is 11.4 Å². The fourth-order valence-electron chi connectivity index (χ4n) is 2.31. The molecule has 0 unspecified atom stereocenters. The third-order valence-electron chi connectivity index (χ3n) is 3.26. The summed E-state index contributed by atoms with van der Waals surface area (Å²) in [6.45, 7) is 4.11. The summed E-state index contributed by atoms with van der Waals surface area (Å²) in [6, 6.07) is 13.1. The second kappa shape index (κ2) is 5.14. The van der Waals surface area contributed by atoms with E-state index in [1.807, 2.05) is 24.1 Å². The fraction of sp³-hybridized carbons (Fsp3) is 0.188. The van der Waals surface area contributed by atoms with Crippen LogP contribution in [-0.4, -0.2) is 18.1 Å². The lowest BCUT2D eigenvalue weighted by atomic mass is 10.1. The Morgan fingerprint density at radius 1 is 1.05 bits per heavy atom. The fourth-order valence-corrected chi connectivity index (χ4v) is 2.31. The number of carboxylic acids is 1. The molecule has 2 aromatic rings. The lowest BCUT2D eigenvalue weighted by Gasteiger charge is -2.24. The molecule has 0 saturated heterocycles. The summed E-state index contributed by atoms with van der Waals surface area (Å²) in [6.07, 6.45) is 0. The molecule has 19 heavy (non-hydrogen) atoms. The highest BCUT2D eigenvalue weighted by molar-refractivity contribution is 5.89. The van der Waals surface area contributed by atoms with Crippen molar-refractivity contribution in [1.29, 1.82) is 0 Å². The Balaban J connectivity index is 2.47. The molecule has 0 heterocycles. The van der Waals surface area contributed by atoms with Crippen LogP contribution in [0.3, 0.4) is 0 Å². The summed E-state index contributed by atoms with van der Waals surface area (Å²) < 4.78 is 0. The third kappa shape index (κ3) is 2.60. The van der Waals surface area contributed by atoms with Gasteiger partial charge in [0.05, 0.1) is 5.56 Å². The summed E-state index contributed by atoms with van der Waals surface area (Å²) in [5, 5.41) is 9.05. The zero-order chi connectivity index (χ0) is 14.0. The van der Waals surface area contributed by atoms with E-state index in [1.54, 1.807) is 18.2 Å². The van der Waals surface area contributed by atoms with Crippen molar-refractivity contribution >= 4 is 17.3 Å². The number of rotatable bonds is 3. The van der Waals surface area contributed by atoms with E-state index < -0.39 is 5.97 Å². The highest BCUT2D eigenvalue weighted by Gasteiger charge is 2.11. The number of para-hydroxylation sites is 1. The Kier molecular flexibility index (Phi) is 3.56. The summed E-state index contributed by atoms with van der Waals surface area (Å²) in [5.41, 5.74) is 4.63. The Labute approximate surface area is 113 Å². The van der Waals surface area contributed by atoms with Gasteiger partial charge in [-0.2, -0.15) is 0 Å². The Morgan fingerprint density at radius 2 is 1.63 bits per heavy atom. The molecule has 0 bridgehead atoms. The first-order valence-corrected chi connectivity index (χ1v) is 6.14. The van der Waals surface area contributed by atoms with Crippen molar-refractivity contribution < 1.29 is 9.90 Å². The molecule has 2 aromatic carbocycles. The van der Waals surface area contributed by atoms with Crippen LogP contribution >= 0.6 is 0 Å². The summed E-state index contributed by atoms with van der Waals surface area (Å²) in [4.78, 5) is 13.1. The zero-order valence-electron chi connectivity index (χ0n) is 11.3. The first-order valence-electron chi connectivity index (χ1n) is 6.14. The molecule has 0 spiro atoms. The minimum atomic E-state index is -0.906. The van der Waals surface area contributed by atoms with Gasteiger partial charge in [0.1, 0.15) is 0 Å². The maximum Gasteiger partial charge on any atom is 0.335 e. The molecular formula is C16H17NO2. The molecule has 0 aromatic heterocycles. The number of hydrogen-bond acceptors (Lipinski definition) is 2. The number of carbonyl (C=O) groups is 1. The molecule has 0 saturated carbocycles. The number of anilines is 2. The molecule has 3 nitrogen and oxygen atoms in total. The van der Waals surface area contributed by atoms with E-state index in [9.17, 15) is 4.79 Å². The second-order valence-corrected chi connectivity index (χ2v) is 4.65. The molecule has 3 heteroatoms. The third-order valence-corrected chi connectivity index (χ3v) is 3.26. The van der Waals surface area contributed by atoms with Gasteiger partial charge in [0.2, 0.25) is 0 Å². The standard InChI is InChI=1S/C16H17NO2/c1-11-6-4-7-12(2)15(11)17(3)14-9-5-8-13(10-14)16(18)19/h4-10H,1-3H3,(H,18,19). The van der Waals surface area contributed by atoms with Crippen molar-refractivity contribution in [3.8, 4) is 0 Å². The maximum absolute atomic E-state index is 11.0. The number of benzene rings is 2. The van der Waals surface area contributed by atoms with Gasteiger partial charge in [-0.05, 0) is 43.2 Å². The molecule has 98 valence electrons. The van der Waals surface area contributed by atoms with Crippen molar-refractivity contribution in [2.75, 3.05) is 11.9 Å². The molecule has 2 rings (SSSR count). The van der Waals surface area contributed by atoms with E-state index in [4.69, 9.17) is 5.11 Å². The van der Waals surface area contributed by atoms with Crippen LogP contribution in [0.15, 0.2) is 42.5 Å². The van der Waals surface area contributed by atoms with E-state index in [0.717, 1.165) is 11.4 Å². The van der Waals surface area contributed by atoms with Gasteiger partial charge in [0.15, 0.2) is 0 Å². The smallest absolute Gasteiger partial charge is 0.335 e. The number of nitrogens with zero attached hydrogens (tertiary/aromatic N) is 1. The number of aromatic carboxylic acids is 1. The molecule has 0 aliphatic heterocycles. The van der Waals surface area contributed by atoms with E-state index in [0.29, 0.717) is 5.56 Å². The van der Waals surface area contributed by atoms with Gasteiger partial charge in [-0.15, -0.1) is 0 Å². The summed E-state index contributed by atoms with van der Waals surface area (Å²) in [5.74, 6) is -0.906. The molecule has 0 aliphatic rings. The van der Waals surface area contributed by atoms with Gasteiger partial charge in [-0.1, -0.05) is 24.3 Å². The topological polar surface area (TPSA) is 40.5 Å². The van der Waals surface area contributed by atoms with Crippen molar-refractivity contribution in [3.63, 3.8) is 0 Å². The van der Waals surface area contributed by atoms with E-state index in [2.05, 4.69) is 26.0 Å². The van der Waals surface area contributed by atoms with Gasteiger partial charge in [0, 0.05) is 18.4 Å². The predicted octanol–water partition coefficient (Wildman–Crippen LogP) is 3.77. The lowest BCUT2D eigenvalue weighted by molar-refractivity contribution is 0.0697. The highest BCUT2D eigenvalue weighted by Crippen LogP contribution is 2.30. The van der Waals surface area contributed by atoms with Crippen LogP contribution in [0.1, 0.15) is 21.5 Å². The van der Waals surface area contributed by atoms with Gasteiger partial charge < -0.3 is 10.0 Å². The molecule has 0 aliphatic carbocycles. The van der Waals surface area contributed by atoms with Crippen LogP contribution in [0.2, 0.25) is 0 Å². The summed E-state index contributed by atoms with van der Waals surface area (Å²) in [7, 11) is 1.95. The van der Waals surface area contributed by atoms with Crippen LogP contribution < -0.4 is 4.90 Å². The quantitative estimate of drug-likeness (QED) is 0.907. The Morgan fingerprint density at radius 3 is 2.21 bits per heavy atom. The highest BCUT2D eigenvalue weighted by atomic mass is 16.4. The van der Waals surface area contributed by atoms with Crippen molar-refractivity contribution in [3.05, 3.63) is 59.2 Å². The largest absolute Gasteiger partial charge is 0.478 e. The SMILES string of the molecule is Cc1cccc(C)c1N(C)c1cccc(C(=O)O)c1. The molecule has 0 radical (unpaired) electrons. The molecule has 0 atom stereocenters. The predicted molar refractivity (Wildman–Crippen MR) is 77.4 cm³/mol. The second-order valence-electron chi connectivity index (χ2n) is 4.65. The average molecular weight is 255 g/mol.